The van der Waals surface area contributed by atoms with Crippen LogP contribution in [0.25, 0.3) is 10.2 Å². The summed E-state index contributed by atoms with van der Waals surface area (Å²) >= 11 is 5.69. The van der Waals surface area contributed by atoms with Gasteiger partial charge in [-0.25, -0.2) is 4.98 Å². The number of anilines is 1. The molecule has 0 bridgehead atoms. The molecule has 0 atom stereocenters. The van der Waals surface area contributed by atoms with Crippen molar-refractivity contribution in [1.29, 1.82) is 0 Å². The maximum absolute atomic E-state index is 11.8. The number of carbonyl (C=O) groups excluding carboxylic acids is 1. The first-order chi connectivity index (χ1) is 9.29. The predicted molar refractivity (Wildman–Crippen MR) is 85.2 cm³/mol. The van der Waals surface area contributed by atoms with Crippen LogP contribution >= 0.6 is 24.0 Å². The van der Waals surface area contributed by atoms with Crippen LogP contribution in [-0.4, -0.2) is 16.6 Å². The molecule has 0 radical (unpaired) electrons. The Balaban J connectivity index is 1.78. The van der Waals surface area contributed by atoms with E-state index in [9.17, 15) is 4.79 Å². The first-order valence-corrected chi connectivity index (χ1v) is 8.01. The van der Waals surface area contributed by atoms with Crippen LogP contribution in [0.2, 0.25) is 0 Å². The molecule has 0 aliphatic carbocycles. The first kappa shape index (κ1) is 14.3. The van der Waals surface area contributed by atoms with E-state index in [1.54, 1.807) is 0 Å². The highest BCUT2D eigenvalue weighted by atomic mass is 32.1. The second-order valence-corrected chi connectivity index (χ2v) is 5.90. The molecule has 1 heterocycles. The van der Waals surface area contributed by atoms with Gasteiger partial charge in [-0.2, -0.15) is 12.6 Å². The van der Waals surface area contributed by atoms with Gasteiger partial charge in [0.05, 0.1) is 10.2 Å². The number of hydrogen-bond acceptors (Lipinski definition) is 4. The average Bonchev–Trinajstić information content (AvgIpc) is 2.80. The van der Waals surface area contributed by atoms with E-state index in [4.69, 9.17) is 0 Å². The van der Waals surface area contributed by atoms with E-state index in [0.29, 0.717) is 11.6 Å². The van der Waals surface area contributed by atoms with Crippen molar-refractivity contribution in [2.45, 2.75) is 32.1 Å². The van der Waals surface area contributed by atoms with E-state index in [1.165, 1.54) is 11.3 Å². The van der Waals surface area contributed by atoms with Gasteiger partial charge in [0.2, 0.25) is 5.91 Å². The molecule has 0 unspecified atom stereocenters. The zero-order valence-electron chi connectivity index (χ0n) is 10.8. The van der Waals surface area contributed by atoms with Gasteiger partial charge in [0.25, 0.3) is 0 Å². The van der Waals surface area contributed by atoms with Crippen LogP contribution in [0.15, 0.2) is 24.3 Å². The van der Waals surface area contributed by atoms with Crippen molar-refractivity contribution in [1.82, 2.24) is 4.98 Å². The summed E-state index contributed by atoms with van der Waals surface area (Å²) in [5.74, 6) is 0.989. The van der Waals surface area contributed by atoms with Gasteiger partial charge in [0.1, 0.15) is 0 Å². The van der Waals surface area contributed by atoms with Crippen LogP contribution in [0.1, 0.15) is 32.1 Å². The quantitative estimate of drug-likeness (QED) is 0.596. The third-order valence-electron chi connectivity index (χ3n) is 2.85. The smallest absolute Gasteiger partial charge is 0.226 e. The Bertz CT molecular complexity index is 506. The summed E-state index contributed by atoms with van der Waals surface area (Å²) in [6.07, 6.45) is 4.88. The second kappa shape index (κ2) is 7.50. The number of benzene rings is 1. The maximum Gasteiger partial charge on any atom is 0.226 e. The van der Waals surface area contributed by atoms with Gasteiger partial charge in [0.15, 0.2) is 5.13 Å². The van der Waals surface area contributed by atoms with Gasteiger partial charge < -0.3 is 5.32 Å². The van der Waals surface area contributed by atoms with Crippen LogP contribution in [0.3, 0.4) is 0 Å². The minimum atomic E-state index is 0.0601. The molecule has 1 aromatic carbocycles. The van der Waals surface area contributed by atoms with Crippen molar-refractivity contribution in [3.05, 3.63) is 24.3 Å². The number of thiazole rings is 1. The summed E-state index contributed by atoms with van der Waals surface area (Å²) in [5.41, 5.74) is 0.941. The van der Waals surface area contributed by atoms with E-state index in [1.807, 2.05) is 24.3 Å². The van der Waals surface area contributed by atoms with Crippen LogP contribution in [0, 0.1) is 0 Å². The summed E-state index contributed by atoms with van der Waals surface area (Å²) in [6, 6.07) is 7.90. The molecule has 19 heavy (non-hydrogen) atoms. The van der Waals surface area contributed by atoms with E-state index in [0.717, 1.165) is 41.7 Å². The predicted octanol–water partition coefficient (Wildman–Crippen LogP) is 4.12. The molecule has 2 aromatic rings. The molecule has 3 nitrogen and oxygen atoms in total. The number of hydrogen-bond donors (Lipinski definition) is 2. The Morgan fingerprint density at radius 3 is 2.79 bits per heavy atom. The Hall–Kier alpha value is -1.07. The average molecular weight is 294 g/mol. The molecular formula is C14H18N2OS2. The molecule has 102 valence electrons. The van der Waals surface area contributed by atoms with Gasteiger partial charge in [0, 0.05) is 6.42 Å². The van der Waals surface area contributed by atoms with Crippen LogP contribution < -0.4 is 5.32 Å². The summed E-state index contributed by atoms with van der Waals surface area (Å²) in [4.78, 5) is 16.1. The molecule has 0 saturated carbocycles. The zero-order valence-corrected chi connectivity index (χ0v) is 12.5. The Morgan fingerprint density at radius 2 is 2.00 bits per heavy atom. The molecule has 0 saturated heterocycles. The molecule has 1 N–H and O–H groups in total. The molecule has 1 amide bonds. The van der Waals surface area contributed by atoms with Crippen molar-refractivity contribution in [3.63, 3.8) is 0 Å². The highest BCUT2D eigenvalue weighted by Crippen LogP contribution is 2.25. The number of nitrogens with zero attached hydrogens (tertiary/aromatic N) is 1. The van der Waals surface area contributed by atoms with Crippen molar-refractivity contribution in [2.75, 3.05) is 11.1 Å². The van der Waals surface area contributed by atoms with Gasteiger partial charge in [-0.1, -0.05) is 36.3 Å². The first-order valence-electron chi connectivity index (χ1n) is 6.56. The monoisotopic (exact) mass is 294 g/mol. The number of amides is 1. The van der Waals surface area contributed by atoms with Crippen LogP contribution in [-0.2, 0) is 4.79 Å². The lowest BCUT2D eigenvalue weighted by molar-refractivity contribution is -0.116. The van der Waals surface area contributed by atoms with Crippen LogP contribution in [0.5, 0.6) is 0 Å². The number of nitrogens with one attached hydrogen (secondary N) is 1. The second-order valence-electron chi connectivity index (χ2n) is 4.42. The lowest BCUT2D eigenvalue weighted by atomic mass is 10.1. The number of unbranched alkanes of at least 4 members (excludes halogenated alkanes) is 3. The number of fused-ring (bicyclic) bond motifs is 1. The van der Waals surface area contributed by atoms with Crippen molar-refractivity contribution in [2.24, 2.45) is 0 Å². The molecular weight excluding hydrogens is 276 g/mol. The lowest BCUT2D eigenvalue weighted by Crippen LogP contribution is -2.10. The maximum atomic E-state index is 11.8. The van der Waals surface area contributed by atoms with Crippen LogP contribution in [0.4, 0.5) is 5.13 Å². The summed E-state index contributed by atoms with van der Waals surface area (Å²) in [5, 5.41) is 3.57. The van der Waals surface area contributed by atoms with Gasteiger partial charge in [-0.05, 0) is 30.7 Å². The van der Waals surface area contributed by atoms with Gasteiger partial charge >= 0.3 is 0 Å². The minimum absolute atomic E-state index is 0.0601. The fraction of sp³-hybridized carbons (Fsp3) is 0.429. The highest BCUT2D eigenvalue weighted by Gasteiger charge is 2.06. The number of para-hydroxylation sites is 1. The summed E-state index contributed by atoms with van der Waals surface area (Å²) in [7, 11) is 0. The fourth-order valence-corrected chi connectivity index (χ4v) is 2.96. The van der Waals surface area contributed by atoms with E-state index >= 15 is 0 Å². The number of rotatable bonds is 7. The summed E-state index contributed by atoms with van der Waals surface area (Å²) in [6.45, 7) is 0. The molecule has 0 spiro atoms. The molecule has 0 aliphatic heterocycles. The third-order valence-corrected chi connectivity index (χ3v) is 4.12. The number of thiol groups is 1. The normalized spacial score (nSPS) is 10.8. The Morgan fingerprint density at radius 1 is 1.21 bits per heavy atom. The molecule has 0 fully saturated rings. The highest BCUT2D eigenvalue weighted by molar-refractivity contribution is 7.80. The minimum Gasteiger partial charge on any atom is -0.302 e. The number of aromatic nitrogens is 1. The fourth-order valence-electron chi connectivity index (χ4n) is 1.86. The zero-order chi connectivity index (χ0) is 13.5. The molecule has 2 rings (SSSR count). The summed E-state index contributed by atoms with van der Waals surface area (Å²) < 4.78 is 1.10. The molecule has 0 aliphatic rings. The van der Waals surface area contributed by atoms with E-state index in [-0.39, 0.29) is 5.91 Å². The van der Waals surface area contributed by atoms with E-state index < -0.39 is 0 Å². The largest absolute Gasteiger partial charge is 0.302 e. The standard InChI is InChI=1S/C14H18N2OS2/c17-13(9-3-1-2-6-10-18)16-14-15-11-7-4-5-8-12(11)19-14/h4-5,7-8,18H,1-3,6,9-10H2,(H,15,16,17). The SMILES string of the molecule is O=C(CCCCCCS)Nc1nc2ccccc2s1. The van der Waals surface area contributed by atoms with Gasteiger partial charge in [-0.3, -0.25) is 4.79 Å². The Kier molecular flexibility index (Phi) is 5.66. The molecule has 1 aromatic heterocycles. The van der Waals surface area contributed by atoms with Crippen molar-refractivity contribution < 1.29 is 4.79 Å². The van der Waals surface area contributed by atoms with Crippen molar-refractivity contribution in [3.8, 4) is 0 Å². The Labute approximate surface area is 122 Å². The number of carbonyl (C=O) groups is 1. The van der Waals surface area contributed by atoms with E-state index in [2.05, 4.69) is 22.9 Å². The lowest BCUT2D eigenvalue weighted by Gasteiger charge is -2.01. The van der Waals surface area contributed by atoms with Gasteiger partial charge in [-0.15, -0.1) is 0 Å². The topological polar surface area (TPSA) is 42.0 Å². The van der Waals surface area contributed by atoms with Crippen molar-refractivity contribution >= 4 is 45.2 Å². The molecule has 5 heteroatoms. The third kappa shape index (κ3) is 4.51.